The lowest BCUT2D eigenvalue weighted by molar-refractivity contribution is 0.0187. The second kappa shape index (κ2) is 8.13. The molecule has 5 nitrogen and oxygen atoms in total. The summed E-state index contributed by atoms with van der Waals surface area (Å²) in [5.41, 5.74) is 2.56. The van der Waals surface area contributed by atoms with Crippen LogP contribution in [0.1, 0.15) is 43.0 Å². The van der Waals surface area contributed by atoms with Crippen molar-refractivity contribution in [2.75, 3.05) is 6.54 Å². The number of aromatic nitrogens is 3. The van der Waals surface area contributed by atoms with Crippen molar-refractivity contribution in [2.45, 2.75) is 45.2 Å². The summed E-state index contributed by atoms with van der Waals surface area (Å²) in [6.07, 6.45) is 8.08. The summed E-state index contributed by atoms with van der Waals surface area (Å²) in [6.45, 7) is 3.04. The summed E-state index contributed by atoms with van der Waals surface area (Å²) in [4.78, 5) is 20.3. The average Bonchev–Trinajstić information content (AvgIpc) is 3.13. The van der Waals surface area contributed by atoms with E-state index in [2.05, 4.69) is 21.4 Å². The van der Waals surface area contributed by atoms with E-state index in [0.717, 1.165) is 54.3 Å². The first-order chi connectivity index (χ1) is 15.4. The lowest BCUT2D eigenvalue weighted by Gasteiger charge is -2.25. The highest BCUT2D eigenvalue weighted by molar-refractivity contribution is 5.84. The maximum absolute atomic E-state index is 13.9. The fourth-order valence-electron chi connectivity index (χ4n) is 4.41. The fraction of sp³-hybridized carbons (Fsp3) is 0.360. The number of fused-ring (bicyclic) bond motifs is 2. The van der Waals surface area contributed by atoms with Gasteiger partial charge in [-0.25, -0.2) is 8.78 Å². The van der Waals surface area contributed by atoms with Crippen molar-refractivity contribution < 1.29 is 8.78 Å². The van der Waals surface area contributed by atoms with Crippen LogP contribution in [0.15, 0.2) is 53.7 Å². The predicted octanol–water partition coefficient (Wildman–Crippen LogP) is 4.93. The highest BCUT2D eigenvalue weighted by Gasteiger charge is 2.27. The molecule has 1 aromatic carbocycles. The Morgan fingerprint density at radius 2 is 2.03 bits per heavy atom. The molecule has 0 bridgehead atoms. The van der Waals surface area contributed by atoms with Crippen LogP contribution in [0.2, 0.25) is 0 Å². The monoisotopic (exact) mass is 436 g/mol. The van der Waals surface area contributed by atoms with Gasteiger partial charge in [0, 0.05) is 54.2 Å². The summed E-state index contributed by atoms with van der Waals surface area (Å²) >= 11 is 0. The Hall–Kier alpha value is -3.06. The van der Waals surface area contributed by atoms with E-state index < -0.39 is 5.92 Å². The summed E-state index contributed by atoms with van der Waals surface area (Å²) < 4.78 is 29.3. The van der Waals surface area contributed by atoms with Crippen molar-refractivity contribution in [1.29, 1.82) is 0 Å². The molecule has 0 amide bonds. The lowest BCUT2D eigenvalue weighted by Crippen LogP contribution is -2.26. The molecule has 5 rings (SSSR count). The predicted molar refractivity (Wildman–Crippen MR) is 122 cm³/mol. The molecule has 0 spiro atoms. The van der Waals surface area contributed by atoms with Crippen LogP contribution in [0.25, 0.3) is 21.7 Å². The first-order valence-electron chi connectivity index (χ1n) is 11.1. The minimum Gasteiger partial charge on any atom is -0.357 e. The third kappa shape index (κ3) is 4.05. The highest BCUT2D eigenvalue weighted by atomic mass is 19.3. The van der Waals surface area contributed by atoms with Gasteiger partial charge in [-0.1, -0.05) is 18.6 Å². The van der Waals surface area contributed by atoms with E-state index in [1.165, 1.54) is 30.0 Å². The zero-order valence-electron chi connectivity index (χ0n) is 18.0. The molecule has 1 aliphatic carbocycles. The zero-order valence-corrected chi connectivity index (χ0v) is 18.0. The molecule has 7 heteroatoms. The van der Waals surface area contributed by atoms with E-state index in [-0.39, 0.29) is 21.9 Å². The topological polar surface area (TPSA) is 62.7 Å². The normalized spacial score (nSPS) is 14.8. The van der Waals surface area contributed by atoms with Crippen molar-refractivity contribution in [1.82, 2.24) is 19.9 Å². The Balaban J connectivity index is 1.37. The minimum absolute atomic E-state index is 0.201. The minimum atomic E-state index is -3.06. The Labute approximate surface area is 184 Å². The third-order valence-corrected chi connectivity index (χ3v) is 6.44. The highest BCUT2D eigenvalue weighted by Crippen LogP contribution is 2.31. The van der Waals surface area contributed by atoms with Gasteiger partial charge in [0.05, 0.1) is 11.9 Å². The molecular weight excluding hydrogens is 410 g/mol. The number of nitrogens with one attached hydrogen (secondary N) is 2. The van der Waals surface area contributed by atoms with Crippen molar-refractivity contribution >= 4 is 21.7 Å². The maximum atomic E-state index is 13.9. The van der Waals surface area contributed by atoms with Crippen LogP contribution in [0.5, 0.6) is 0 Å². The van der Waals surface area contributed by atoms with Gasteiger partial charge in [0.25, 0.3) is 11.5 Å². The van der Waals surface area contributed by atoms with Gasteiger partial charge >= 0.3 is 0 Å². The van der Waals surface area contributed by atoms with Gasteiger partial charge in [-0.2, -0.15) is 0 Å². The lowest BCUT2D eigenvalue weighted by atomic mass is 9.85. The average molecular weight is 437 g/mol. The number of halogens is 2. The number of hydrogen-bond donors (Lipinski definition) is 2. The first-order valence-corrected chi connectivity index (χ1v) is 11.1. The van der Waals surface area contributed by atoms with Crippen molar-refractivity contribution in [3.63, 3.8) is 0 Å². The van der Waals surface area contributed by atoms with Gasteiger partial charge in [-0.05, 0) is 54.5 Å². The van der Waals surface area contributed by atoms with Crippen molar-refractivity contribution in [3.05, 3.63) is 76.1 Å². The molecule has 0 unspecified atom stereocenters. The fourth-order valence-corrected chi connectivity index (χ4v) is 4.41. The van der Waals surface area contributed by atoms with Gasteiger partial charge in [0.15, 0.2) is 0 Å². The first kappa shape index (κ1) is 20.8. The summed E-state index contributed by atoms with van der Waals surface area (Å²) in [5, 5.41) is 5.09. The van der Waals surface area contributed by atoms with Crippen LogP contribution in [0.3, 0.4) is 0 Å². The Kier molecular flexibility index (Phi) is 5.29. The standard InChI is InChI=1S/C25H26F2N4O/c1-25(26,27)22-14-29-13-21-20(22)7-8-31(24(21)32)15-17-5-6-18-10-19(30-23(18)9-17)12-28-11-16-3-2-4-16/h5-10,13-14,16,28,30H,2-4,11-12,15H2,1H3. The van der Waals surface area contributed by atoms with E-state index in [9.17, 15) is 13.6 Å². The summed E-state index contributed by atoms with van der Waals surface area (Å²) in [6, 6.07) is 9.79. The Morgan fingerprint density at radius 1 is 1.19 bits per heavy atom. The van der Waals surface area contributed by atoms with Crippen LogP contribution >= 0.6 is 0 Å². The van der Waals surface area contributed by atoms with Gasteiger partial charge in [-0.15, -0.1) is 0 Å². The number of pyridine rings is 2. The van der Waals surface area contributed by atoms with E-state index in [0.29, 0.717) is 6.54 Å². The summed E-state index contributed by atoms with van der Waals surface area (Å²) in [7, 11) is 0. The molecule has 32 heavy (non-hydrogen) atoms. The third-order valence-electron chi connectivity index (χ3n) is 6.44. The molecule has 0 radical (unpaired) electrons. The Morgan fingerprint density at radius 3 is 2.78 bits per heavy atom. The van der Waals surface area contributed by atoms with E-state index in [1.807, 2.05) is 18.2 Å². The molecule has 4 aromatic rings. The molecule has 0 saturated heterocycles. The molecule has 0 aliphatic heterocycles. The molecule has 1 aliphatic rings. The van der Waals surface area contributed by atoms with Gasteiger partial charge in [0.1, 0.15) is 0 Å². The number of nitrogens with zero attached hydrogens (tertiary/aromatic N) is 2. The quantitative estimate of drug-likeness (QED) is 0.432. The molecule has 2 N–H and O–H groups in total. The molecule has 0 atom stereocenters. The van der Waals surface area contributed by atoms with Gasteiger partial charge in [0.2, 0.25) is 0 Å². The Bertz CT molecular complexity index is 1330. The largest absolute Gasteiger partial charge is 0.357 e. The second-order valence-corrected chi connectivity index (χ2v) is 8.93. The van der Waals surface area contributed by atoms with Crippen molar-refractivity contribution in [2.24, 2.45) is 5.92 Å². The molecule has 166 valence electrons. The van der Waals surface area contributed by atoms with Crippen LogP contribution in [0, 0.1) is 5.92 Å². The van der Waals surface area contributed by atoms with Gasteiger partial charge < -0.3 is 14.9 Å². The van der Waals surface area contributed by atoms with E-state index in [4.69, 9.17) is 0 Å². The smallest absolute Gasteiger partial charge is 0.272 e. The number of benzene rings is 1. The molecule has 1 saturated carbocycles. The number of hydrogen-bond acceptors (Lipinski definition) is 3. The second-order valence-electron chi connectivity index (χ2n) is 8.93. The number of H-pyrrole nitrogens is 1. The van der Waals surface area contributed by atoms with Crippen LogP contribution in [0.4, 0.5) is 8.78 Å². The molecule has 3 heterocycles. The summed E-state index contributed by atoms with van der Waals surface area (Å²) in [5.74, 6) is -2.24. The molecular formula is C25H26F2N4O. The zero-order chi connectivity index (χ0) is 22.3. The SMILES string of the molecule is CC(F)(F)c1cncc2c(=O)n(Cc3ccc4cc(CNCC5CCC5)[nH]c4c3)ccc12. The molecule has 3 aromatic heterocycles. The number of rotatable bonds is 7. The maximum Gasteiger partial charge on any atom is 0.272 e. The van der Waals surface area contributed by atoms with E-state index in [1.54, 1.807) is 12.3 Å². The van der Waals surface area contributed by atoms with Crippen LogP contribution < -0.4 is 10.9 Å². The number of alkyl halides is 2. The van der Waals surface area contributed by atoms with Crippen LogP contribution in [-0.2, 0) is 19.0 Å². The van der Waals surface area contributed by atoms with Gasteiger partial charge in [-0.3, -0.25) is 9.78 Å². The van der Waals surface area contributed by atoms with E-state index >= 15 is 0 Å². The van der Waals surface area contributed by atoms with Crippen molar-refractivity contribution in [3.8, 4) is 0 Å². The van der Waals surface area contributed by atoms with Crippen LogP contribution in [-0.4, -0.2) is 21.1 Å². The molecule has 1 fully saturated rings. The number of aromatic amines is 1.